The van der Waals surface area contributed by atoms with E-state index < -0.39 is 0 Å². The summed E-state index contributed by atoms with van der Waals surface area (Å²) in [6.45, 7) is 17.3. The standard InChI is InChI=1S/C23H36N8O/c1-6-16-17-12-24-22(27-21(17)31(15(3)13-32)18(16)7-2)26-19-8-9-20(29-28-19)30-11-10-25-23(4,5)14-30/h6-7,9,12,15-16,18-19,22,25-27,32H,1-2,8,10-11,13-14H2,3-5H3/t15-,16?,18?,19?,22?/m0/s1. The Bertz CT molecular complexity index is 860. The van der Waals surface area contributed by atoms with Gasteiger partial charge in [-0.15, -0.1) is 18.3 Å². The molecule has 4 N–H and O–H groups in total. The van der Waals surface area contributed by atoms with Gasteiger partial charge in [0.15, 0.2) is 6.29 Å². The minimum Gasteiger partial charge on any atom is -0.394 e. The lowest BCUT2D eigenvalue weighted by molar-refractivity contribution is 0.137. The lowest BCUT2D eigenvalue weighted by Crippen LogP contribution is -2.56. The second kappa shape index (κ2) is 9.17. The fourth-order valence-corrected chi connectivity index (χ4v) is 4.90. The van der Waals surface area contributed by atoms with Gasteiger partial charge in [0.2, 0.25) is 0 Å². The van der Waals surface area contributed by atoms with Gasteiger partial charge in [-0.25, -0.2) is 0 Å². The Labute approximate surface area is 190 Å². The Morgan fingerprint density at radius 1 is 1.38 bits per heavy atom. The molecule has 4 aliphatic heterocycles. The summed E-state index contributed by atoms with van der Waals surface area (Å²) in [6, 6.07) is -0.0313. The molecule has 32 heavy (non-hydrogen) atoms. The van der Waals surface area contributed by atoms with Gasteiger partial charge in [0.05, 0.1) is 18.7 Å². The Hall–Kier alpha value is -2.49. The normalized spacial score (nSPS) is 32.3. The molecule has 174 valence electrons. The lowest BCUT2D eigenvalue weighted by atomic mass is 9.94. The molecule has 9 nitrogen and oxygen atoms in total. The van der Waals surface area contributed by atoms with Gasteiger partial charge in [-0.3, -0.25) is 10.3 Å². The average Bonchev–Trinajstić information content (AvgIpc) is 3.11. The van der Waals surface area contributed by atoms with Crippen molar-refractivity contribution in [3.05, 3.63) is 48.6 Å². The summed E-state index contributed by atoms with van der Waals surface area (Å²) in [7, 11) is 0. The highest BCUT2D eigenvalue weighted by Gasteiger charge is 2.41. The second-order valence-electron chi connectivity index (χ2n) is 9.48. The molecule has 0 aromatic carbocycles. The molecule has 0 saturated carbocycles. The SMILES string of the molecule is C=CC1C2=C(NC(NC3CC=C(N4CCNC(C)(C)C4)N=N3)N=C2)N([C@@H](C)CO)C1C=C. The van der Waals surface area contributed by atoms with E-state index in [1.54, 1.807) is 0 Å². The number of aliphatic imine (C=N–C) groups is 1. The molecule has 0 spiro atoms. The van der Waals surface area contributed by atoms with Crippen LogP contribution in [0.1, 0.15) is 27.2 Å². The van der Waals surface area contributed by atoms with Crippen LogP contribution in [0.5, 0.6) is 0 Å². The molecule has 4 heterocycles. The van der Waals surface area contributed by atoms with Crippen molar-refractivity contribution < 1.29 is 5.11 Å². The summed E-state index contributed by atoms with van der Waals surface area (Å²) in [5.74, 6) is 1.99. The Kier molecular flexibility index (Phi) is 6.50. The van der Waals surface area contributed by atoms with E-state index in [9.17, 15) is 5.11 Å². The first kappa shape index (κ1) is 22.7. The van der Waals surface area contributed by atoms with Crippen molar-refractivity contribution in [2.75, 3.05) is 26.2 Å². The van der Waals surface area contributed by atoms with Gasteiger partial charge < -0.3 is 25.5 Å². The third-order valence-electron chi connectivity index (χ3n) is 6.52. The smallest absolute Gasteiger partial charge is 0.176 e. The van der Waals surface area contributed by atoms with Crippen molar-refractivity contribution >= 4 is 6.21 Å². The van der Waals surface area contributed by atoms with Crippen molar-refractivity contribution in [2.45, 2.75) is 57.3 Å². The first-order valence-electron chi connectivity index (χ1n) is 11.4. The molecule has 0 aliphatic carbocycles. The molecule has 0 bridgehead atoms. The first-order valence-corrected chi connectivity index (χ1v) is 11.4. The van der Waals surface area contributed by atoms with Crippen LogP contribution in [0.2, 0.25) is 0 Å². The largest absolute Gasteiger partial charge is 0.394 e. The maximum absolute atomic E-state index is 9.81. The van der Waals surface area contributed by atoms with Gasteiger partial charge in [-0.1, -0.05) is 12.2 Å². The van der Waals surface area contributed by atoms with Crippen LogP contribution in [0.15, 0.2) is 63.8 Å². The number of azo groups is 1. The Balaban J connectivity index is 1.40. The maximum Gasteiger partial charge on any atom is 0.176 e. The molecule has 4 aliphatic rings. The molecule has 9 heteroatoms. The molecule has 0 aromatic heterocycles. The number of nitrogens with zero attached hydrogens (tertiary/aromatic N) is 5. The maximum atomic E-state index is 9.81. The number of hydrogen-bond donors (Lipinski definition) is 4. The van der Waals surface area contributed by atoms with Crippen LogP contribution in [0.3, 0.4) is 0 Å². The summed E-state index contributed by atoms with van der Waals surface area (Å²) in [6.07, 6.45) is 8.17. The average molecular weight is 441 g/mol. The lowest BCUT2D eigenvalue weighted by Gasteiger charge is -2.40. The van der Waals surface area contributed by atoms with Crippen LogP contribution in [-0.2, 0) is 0 Å². The highest BCUT2D eigenvalue weighted by atomic mass is 16.3. The van der Waals surface area contributed by atoms with Gasteiger partial charge in [0.1, 0.15) is 17.8 Å². The van der Waals surface area contributed by atoms with Gasteiger partial charge >= 0.3 is 0 Å². The number of aliphatic hydroxyl groups excluding tert-OH is 1. The summed E-state index contributed by atoms with van der Waals surface area (Å²) in [4.78, 5) is 9.12. The predicted molar refractivity (Wildman–Crippen MR) is 127 cm³/mol. The highest BCUT2D eigenvalue weighted by Crippen LogP contribution is 2.36. The van der Waals surface area contributed by atoms with Gasteiger partial charge in [-0.05, 0) is 26.8 Å². The van der Waals surface area contributed by atoms with Crippen molar-refractivity contribution in [2.24, 2.45) is 21.1 Å². The second-order valence-corrected chi connectivity index (χ2v) is 9.48. The molecule has 4 unspecified atom stereocenters. The van der Waals surface area contributed by atoms with E-state index in [4.69, 9.17) is 0 Å². The third-order valence-corrected chi connectivity index (χ3v) is 6.52. The number of hydrogen-bond acceptors (Lipinski definition) is 9. The first-order chi connectivity index (χ1) is 15.4. The van der Waals surface area contributed by atoms with Gasteiger partial charge in [0.25, 0.3) is 0 Å². The van der Waals surface area contributed by atoms with Crippen LogP contribution in [-0.4, -0.2) is 77.4 Å². The molecule has 5 atom stereocenters. The summed E-state index contributed by atoms with van der Waals surface area (Å²) in [5, 5.41) is 29.3. The number of nitrogens with one attached hydrogen (secondary N) is 3. The molecule has 4 rings (SSSR count). The van der Waals surface area contributed by atoms with Crippen LogP contribution < -0.4 is 16.0 Å². The molecule has 0 radical (unpaired) electrons. The number of rotatable bonds is 7. The van der Waals surface area contributed by atoms with Crippen LogP contribution in [0.4, 0.5) is 0 Å². The fraction of sp³-hybridized carbons (Fsp3) is 0.609. The van der Waals surface area contributed by atoms with E-state index >= 15 is 0 Å². The zero-order valence-electron chi connectivity index (χ0n) is 19.3. The molecular formula is C23H36N8O. The zero-order chi connectivity index (χ0) is 22.9. The highest BCUT2D eigenvalue weighted by molar-refractivity contribution is 5.83. The van der Waals surface area contributed by atoms with E-state index in [1.165, 1.54) is 0 Å². The van der Waals surface area contributed by atoms with E-state index in [0.29, 0.717) is 0 Å². The fourth-order valence-electron chi connectivity index (χ4n) is 4.90. The summed E-state index contributed by atoms with van der Waals surface area (Å²) < 4.78 is 0. The topological polar surface area (TPSA) is 99.9 Å². The zero-order valence-corrected chi connectivity index (χ0v) is 19.3. The summed E-state index contributed by atoms with van der Waals surface area (Å²) >= 11 is 0. The van der Waals surface area contributed by atoms with E-state index in [0.717, 1.165) is 43.3 Å². The predicted octanol–water partition coefficient (Wildman–Crippen LogP) is 1.51. The van der Waals surface area contributed by atoms with Crippen LogP contribution >= 0.6 is 0 Å². The molecule has 0 aromatic rings. The van der Waals surface area contributed by atoms with Crippen molar-refractivity contribution in [3.63, 3.8) is 0 Å². The molecular weight excluding hydrogens is 404 g/mol. The van der Waals surface area contributed by atoms with E-state index in [1.807, 2.05) is 25.3 Å². The van der Waals surface area contributed by atoms with Crippen LogP contribution in [0, 0.1) is 5.92 Å². The molecule has 1 fully saturated rings. The van der Waals surface area contributed by atoms with E-state index in [2.05, 4.69) is 74.1 Å². The number of piperazine rings is 1. The Morgan fingerprint density at radius 2 is 2.19 bits per heavy atom. The minimum absolute atomic E-state index is 0.0282. The van der Waals surface area contributed by atoms with Crippen LogP contribution in [0.25, 0.3) is 0 Å². The van der Waals surface area contributed by atoms with Crippen molar-refractivity contribution in [3.8, 4) is 0 Å². The van der Waals surface area contributed by atoms with E-state index in [-0.39, 0.29) is 42.6 Å². The quantitative estimate of drug-likeness (QED) is 0.448. The third kappa shape index (κ3) is 4.37. The van der Waals surface area contributed by atoms with Gasteiger partial charge in [0, 0.05) is 49.3 Å². The number of aliphatic hydroxyl groups is 1. The van der Waals surface area contributed by atoms with Crippen molar-refractivity contribution in [1.82, 2.24) is 25.8 Å². The monoisotopic (exact) mass is 440 g/mol. The molecule has 1 saturated heterocycles. The van der Waals surface area contributed by atoms with Crippen molar-refractivity contribution in [1.29, 1.82) is 0 Å². The Morgan fingerprint density at radius 3 is 2.81 bits per heavy atom. The summed E-state index contributed by atoms with van der Waals surface area (Å²) in [5.41, 5.74) is 1.14. The van der Waals surface area contributed by atoms with Gasteiger partial charge in [-0.2, -0.15) is 5.11 Å². The minimum atomic E-state index is -0.326. The molecule has 0 amide bonds.